The summed E-state index contributed by atoms with van der Waals surface area (Å²) in [6.07, 6.45) is 8.29. The molecule has 1 N–H and O–H groups in total. The molecule has 4 bridgehead atoms. The number of hydrogen-bond donors (Lipinski definition) is 1. The Kier molecular flexibility index (Phi) is 2.74. The normalized spacial score (nSPS) is 46.3. The molecule has 15 heavy (non-hydrogen) atoms. The molecule has 0 aromatic heterocycles. The minimum absolute atomic E-state index is 0. The Balaban J connectivity index is 0.000000853. The van der Waals surface area contributed by atoms with Gasteiger partial charge in [-0.15, -0.1) is 12.4 Å². The van der Waals surface area contributed by atoms with Gasteiger partial charge in [0.1, 0.15) is 0 Å². The second kappa shape index (κ2) is 3.65. The van der Waals surface area contributed by atoms with Gasteiger partial charge in [-0.3, -0.25) is 4.79 Å². The summed E-state index contributed by atoms with van der Waals surface area (Å²) in [7, 11) is 0. The van der Waals surface area contributed by atoms with Crippen LogP contribution in [0.15, 0.2) is 0 Å². The van der Waals surface area contributed by atoms with Crippen molar-refractivity contribution in [3.05, 3.63) is 0 Å². The first-order valence-corrected chi connectivity index (χ1v) is 5.87. The maximum Gasteiger partial charge on any atom is 0.303 e. The molecule has 0 saturated heterocycles. The van der Waals surface area contributed by atoms with Crippen molar-refractivity contribution < 1.29 is 9.90 Å². The molecule has 0 amide bonds. The summed E-state index contributed by atoms with van der Waals surface area (Å²) < 4.78 is 0. The Morgan fingerprint density at radius 1 is 1.07 bits per heavy atom. The molecule has 0 unspecified atom stereocenters. The van der Waals surface area contributed by atoms with Crippen LogP contribution in [0.2, 0.25) is 0 Å². The molecule has 0 aliphatic heterocycles. The largest absolute Gasteiger partial charge is 0.481 e. The molecule has 0 atom stereocenters. The Hall–Kier alpha value is -0.240. The third-order valence-corrected chi connectivity index (χ3v) is 4.69. The molecule has 0 heterocycles. The molecule has 4 saturated carbocycles. The summed E-state index contributed by atoms with van der Waals surface area (Å²) in [6.45, 7) is 0. The number of hydrogen-bond acceptors (Lipinski definition) is 1. The standard InChI is InChI=1S/C12H18O2.ClH/c13-11(14)7-12-4-8-1-9(5-12)3-10(2-8)6-12;/h8-10H,1-7H2,(H,13,14);1H. The first-order chi connectivity index (χ1) is 6.65. The quantitative estimate of drug-likeness (QED) is 0.792. The van der Waals surface area contributed by atoms with Crippen LogP contribution in [0.1, 0.15) is 44.9 Å². The summed E-state index contributed by atoms with van der Waals surface area (Å²) in [4.78, 5) is 10.9. The van der Waals surface area contributed by atoms with Crippen LogP contribution in [-0.4, -0.2) is 11.1 Å². The van der Waals surface area contributed by atoms with Crippen LogP contribution >= 0.6 is 12.4 Å². The van der Waals surface area contributed by atoms with E-state index in [9.17, 15) is 4.79 Å². The zero-order chi connectivity index (χ0) is 9.76. The highest BCUT2D eigenvalue weighted by Crippen LogP contribution is 2.61. The van der Waals surface area contributed by atoms with Crippen LogP contribution in [0.3, 0.4) is 0 Å². The van der Waals surface area contributed by atoms with E-state index in [-0.39, 0.29) is 17.8 Å². The zero-order valence-corrected chi connectivity index (χ0v) is 9.76. The third-order valence-electron chi connectivity index (χ3n) is 4.69. The molecule has 4 rings (SSSR count). The number of rotatable bonds is 2. The lowest BCUT2D eigenvalue weighted by Crippen LogP contribution is -2.46. The lowest BCUT2D eigenvalue weighted by Gasteiger charge is -2.56. The van der Waals surface area contributed by atoms with Crippen molar-refractivity contribution >= 4 is 18.4 Å². The van der Waals surface area contributed by atoms with E-state index in [1.807, 2.05) is 0 Å². The molecule has 0 aromatic carbocycles. The van der Waals surface area contributed by atoms with Gasteiger partial charge in [0.05, 0.1) is 6.42 Å². The van der Waals surface area contributed by atoms with E-state index in [0.29, 0.717) is 6.42 Å². The fourth-order valence-corrected chi connectivity index (χ4v) is 4.83. The van der Waals surface area contributed by atoms with E-state index in [4.69, 9.17) is 5.11 Å². The van der Waals surface area contributed by atoms with Crippen LogP contribution in [0, 0.1) is 23.2 Å². The van der Waals surface area contributed by atoms with Gasteiger partial charge in [-0.25, -0.2) is 0 Å². The van der Waals surface area contributed by atoms with Gasteiger partial charge in [0.2, 0.25) is 0 Å². The topological polar surface area (TPSA) is 37.3 Å². The van der Waals surface area contributed by atoms with Crippen molar-refractivity contribution in [3.8, 4) is 0 Å². The summed E-state index contributed by atoms with van der Waals surface area (Å²) >= 11 is 0. The molecule has 0 aromatic rings. The van der Waals surface area contributed by atoms with E-state index in [0.717, 1.165) is 17.8 Å². The average Bonchev–Trinajstić information content (AvgIpc) is 1.96. The predicted molar refractivity (Wildman–Crippen MR) is 60.1 cm³/mol. The lowest BCUT2D eigenvalue weighted by atomic mass is 9.49. The molecular formula is C12H19ClO2. The molecule has 0 radical (unpaired) electrons. The number of carboxylic acids is 1. The molecular weight excluding hydrogens is 212 g/mol. The van der Waals surface area contributed by atoms with Gasteiger partial charge in [-0.2, -0.15) is 0 Å². The highest BCUT2D eigenvalue weighted by atomic mass is 35.5. The van der Waals surface area contributed by atoms with Crippen molar-refractivity contribution in [1.82, 2.24) is 0 Å². The van der Waals surface area contributed by atoms with E-state index in [1.165, 1.54) is 38.5 Å². The number of carboxylic acid groups (broad SMARTS) is 1. The van der Waals surface area contributed by atoms with Gasteiger partial charge in [0.25, 0.3) is 0 Å². The molecule has 4 aliphatic rings. The van der Waals surface area contributed by atoms with Gasteiger partial charge in [0, 0.05) is 0 Å². The van der Waals surface area contributed by atoms with Crippen molar-refractivity contribution in [2.24, 2.45) is 23.2 Å². The van der Waals surface area contributed by atoms with Gasteiger partial charge in [-0.1, -0.05) is 0 Å². The van der Waals surface area contributed by atoms with Crippen LogP contribution in [0.25, 0.3) is 0 Å². The summed E-state index contributed by atoms with van der Waals surface area (Å²) in [5, 5.41) is 8.97. The van der Waals surface area contributed by atoms with Crippen molar-refractivity contribution in [2.75, 3.05) is 0 Å². The molecule has 86 valence electrons. The minimum Gasteiger partial charge on any atom is -0.481 e. The minimum atomic E-state index is -0.577. The fourth-order valence-electron chi connectivity index (χ4n) is 4.83. The summed E-state index contributed by atoms with van der Waals surface area (Å²) in [6, 6.07) is 0. The lowest BCUT2D eigenvalue weighted by molar-refractivity contribution is -0.145. The second-order valence-electron chi connectivity index (χ2n) is 5.99. The van der Waals surface area contributed by atoms with Gasteiger partial charge in [0.15, 0.2) is 0 Å². The van der Waals surface area contributed by atoms with Gasteiger partial charge in [-0.05, 0) is 61.7 Å². The van der Waals surface area contributed by atoms with E-state index < -0.39 is 5.97 Å². The zero-order valence-electron chi connectivity index (χ0n) is 8.95. The highest BCUT2D eigenvalue weighted by Gasteiger charge is 2.51. The Labute approximate surface area is 96.8 Å². The Bertz CT molecular complexity index is 240. The van der Waals surface area contributed by atoms with Gasteiger partial charge < -0.3 is 5.11 Å². The smallest absolute Gasteiger partial charge is 0.303 e. The first kappa shape index (κ1) is 11.3. The number of carbonyl (C=O) groups is 1. The van der Waals surface area contributed by atoms with Gasteiger partial charge >= 0.3 is 5.97 Å². The van der Waals surface area contributed by atoms with Crippen molar-refractivity contribution in [2.45, 2.75) is 44.9 Å². The van der Waals surface area contributed by atoms with Crippen molar-refractivity contribution in [3.63, 3.8) is 0 Å². The maximum atomic E-state index is 10.9. The fraction of sp³-hybridized carbons (Fsp3) is 0.917. The second-order valence-corrected chi connectivity index (χ2v) is 5.99. The predicted octanol–water partition coefficient (Wildman–Crippen LogP) is 3.10. The summed E-state index contributed by atoms with van der Waals surface area (Å²) in [5.74, 6) is 2.05. The third kappa shape index (κ3) is 1.89. The number of halogens is 1. The van der Waals surface area contributed by atoms with Crippen LogP contribution in [0.5, 0.6) is 0 Å². The Morgan fingerprint density at radius 2 is 1.47 bits per heavy atom. The molecule has 4 aliphatic carbocycles. The number of aliphatic carboxylic acids is 1. The van der Waals surface area contributed by atoms with E-state index >= 15 is 0 Å². The van der Waals surface area contributed by atoms with Crippen LogP contribution < -0.4 is 0 Å². The molecule has 4 fully saturated rings. The maximum absolute atomic E-state index is 10.9. The monoisotopic (exact) mass is 230 g/mol. The molecule has 3 heteroatoms. The SMILES string of the molecule is Cl.O=C(O)CC12CC3CC(CC(C3)C1)C2. The van der Waals surface area contributed by atoms with Crippen LogP contribution in [0.4, 0.5) is 0 Å². The summed E-state index contributed by atoms with van der Waals surface area (Å²) in [5.41, 5.74) is 0.223. The molecule has 2 nitrogen and oxygen atoms in total. The average molecular weight is 231 g/mol. The van der Waals surface area contributed by atoms with E-state index in [2.05, 4.69) is 0 Å². The van der Waals surface area contributed by atoms with Crippen LogP contribution in [-0.2, 0) is 4.79 Å². The molecule has 0 spiro atoms. The van der Waals surface area contributed by atoms with Crippen molar-refractivity contribution in [1.29, 1.82) is 0 Å². The Morgan fingerprint density at radius 3 is 1.80 bits per heavy atom. The van der Waals surface area contributed by atoms with E-state index in [1.54, 1.807) is 0 Å². The highest BCUT2D eigenvalue weighted by molar-refractivity contribution is 5.85. The first-order valence-electron chi connectivity index (χ1n) is 5.87.